The molecule has 0 aromatic heterocycles. The third-order valence-electron chi connectivity index (χ3n) is 3.99. The number of hydrogen-bond donors (Lipinski definition) is 1. The van der Waals surface area contributed by atoms with E-state index in [9.17, 15) is 0 Å². The van der Waals surface area contributed by atoms with Gasteiger partial charge in [-0.05, 0) is 71.8 Å². The minimum absolute atomic E-state index is 0.715. The number of nitrogens with two attached hydrogens (primary N) is 1. The molecule has 2 atom stereocenters. The van der Waals surface area contributed by atoms with E-state index in [2.05, 4.69) is 30.7 Å². The van der Waals surface area contributed by atoms with Crippen molar-refractivity contribution in [2.75, 3.05) is 39.8 Å². The molecule has 0 saturated carbocycles. The quantitative estimate of drug-likeness (QED) is 0.769. The summed E-state index contributed by atoms with van der Waals surface area (Å²) in [6, 6.07) is 0.715. The van der Waals surface area contributed by atoms with Crippen LogP contribution in [0.25, 0.3) is 0 Å². The summed E-state index contributed by atoms with van der Waals surface area (Å²) >= 11 is 0. The van der Waals surface area contributed by atoms with Crippen molar-refractivity contribution in [2.45, 2.75) is 45.6 Å². The lowest BCUT2D eigenvalue weighted by Gasteiger charge is -2.28. The first-order valence-electron chi connectivity index (χ1n) is 7.26. The van der Waals surface area contributed by atoms with Crippen LogP contribution in [0.3, 0.4) is 0 Å². The van der Waals surface area contributed by atoms with Gasteiger partial charge < -0.3 is 10.6 Å². The molecule has 0 aliphatic carbocycles. The summed E-state index contributed by atoms with van der Waals surface area (Å²) in [5.74, 6) is 0.796. The summed E-state index contributed by atoms with van der Waals surface area (Å²) in [6.07, 6.45) is 5.16. The number of hydrogen-bond acceptors (Lipinski definition) is 3. The van der Waals surface area contributed by atoms with Gasteiger partial charge in [-0.15, -0.1) is 0 Å². The lowest BCUT2D eigenvalue weighted by molar-refractivity contribution is 0.195. The van der Waals surface area contributed by atoms with Gasteiger partial charge in [-0.2, -0.15) is 0 Å². The second kappa shape index (κ2) is 8.06. The first-order chi connectivity index (χ1) is 8.13. The summed E-state index contributed by atoms with van der Waals surface area (Å²) in [5.41, 5.74) is 5.59. The Morgan fingerprint density at radius 3 is 2.76 bits per heavy atom. The van der Waals surface area contributed by atoms with Crippen LogP contribution in [0, 0.1) is 5.92 Å². The standard InChI is InChI=1S/C14H31N3/c1-13(7-8-15)6-4-10-17-11-5-9-16(3)12-14(17)2/h13-14H,4-12,15H2,1-3H3. The highest BCUT2D eigenvalue weighted by Crippen LogP contribution is 2.13. The maximum absolute atomic E-state index is 5.59. The molecular weight excluding hydrogens is 210 g/mol. The first-order valence-corrected chi connectivity index (χ1v) is 7.26. The summed E-state index contributed by atoms with van der Waals surface area (Å²) in [5, 5.41) is 0. The largest absolute Gasteiger partial charge is 0.330 e. The second-order valence-corrected chi connectivity index (χ2v) is 5.83. The van der Waals surface area contributed by atoms with Gasteiger partial charge in [0.1, 0.15) is 0 Å². The number of nitrogens with zero attached hydrogens (tertiary/aromatic N) is 2. The maximum atomic E-state index is 5.59. The van der Waals surface area contributed by atoms with Gasteiger partial charge in [-0.1, -0.05) is 6.92 Å². The van der Waals surface area contributed by atoms with Crippen LogP contribution < -0.4 is 5.73 Å². The Bertz CT molecular complexity index is 196. The summed E-state index contributed by atoms with van der Waals surface area (Å²) in [6.45, 7) is 10.5. The fourth-order valence-corrected chi connectivity index (χ4v) is 2.83. The average Bonchev–Trinajstić information content (AvgIpc) is 2.41. The van der Waals surface area contributed by atoms with Gasteiger partial charge in [-0.3, -0.25) is 4.90 Å². The van der Waals surface area contributed by atoms with Crippen LogP contribution in [0.15, 0.2) is 0 Å². The molecule has 102 valence electrons. The molecule has 17 heavy (non-hydrogen) atoms. The molecule has 1 aliphatic heterocycles. The molecule has 1 fully saturated rings. The van der Waals surface area contributed by atoms with Crippen molar-refractivity contribution in [3.63, 3.8) is 0 Å². The van der Waals surface area contributed by atoms with Crippen LogP contribution in [0.4, 0.5) is 0 Å². The molecule has 0 amide bonds. The van der Waals surface area contributed by atoms with Crippen molar-refractivity contribution in [3.8, 4) is 0 Å². The van der Waals surface area contributed by atoms with E-state index in [0.717, 1.165) is 12.5 Å². The van der Waals surface area contributed by atoms with Gasteiger partial charge in [-0.25, -0.2) is 0 Å². The van der Waals surface area contributed by atoms with E-state index in [4.69, 9.17) is 5.73 Å². The van der Waals surface area contributed by atoms with E-state index in [1.54, 1.807) is 0 Å². The van der Waals surface area contributed by atoms with Crippen molar-refractivity contribution < 1.29 is 0 Å². The molecule has 2 unspecified atom stereocenters. The average molecular weight is 241 g/mol. The Morgan fingerprint density at radius 1 is 1.29 bits per heavy atom. The summed E-state index contributed by atoms with van der Waals surface area (Å²) in [4.78, 5) is 5.13. The highest BCUT2D eigenvalue weighted by molar-refractivity contribution is 4.75. The number of rotatable bonds is 6. The van der Waals surface area contributed by atoms with Crippen LogP contribution in [-0.4, -0.2) is 55.6 Å². The molecule has 0 bridgehead atoms. The van der Waals surface area contributed by atoms with Gasteiger partial charge >= 0.3 is 0 Å². The van der Waals surface area contributed by atoms with E-state index < -0.39 is 0 Å². The molecule has 0 radical (unpaired) electrons. The van der Waals surface area contributed by atoms with Crippen molar-refractivity contribution in [1.29, 1.82) is 0 Å². The topological polar surface area (TPSA) is 32.5 Å². The predicted molar refractivity (Wildman–Crippen MR) is 75.2 cm³/mol. The van der Waals surface area contributed by atoms with Gasteiger partial charge in [0.05, 0.1) is 0 Å². The van der Waals surface area contributed by atoms with Gasteiger partial charge in [0.2, 0.25) is 0 Å². The fourth-order valence-electron chi connectivity index (χ4n) is 2.83. The summed E-state index contributed by atoms with van der Waals surface area (Å²) < 4.78 is 0. The van der Waals surface area contributed by atoms with Crippen LogP contribution in [0.5, 0.6) is 0 Å². The van der Waals surface area contributed by atoms with E-state index in [0.29, 0.717) is 6.04 Å². The molecule has 1 heterocycles. The van der Waals surface area contributed by atoms with Crippen LogP contribution in [-0.2, 0) is 0 Å². The molecule has 3 nitrogen and oxygen atoms in total. The van der Waals surface area contributed by atoms with Crippen molar-refractivity contribution in [3.05, 3.63) is 0 Å². The minimum atomic E-state index is 0.715. The normalized spacial score (nSPS) is 25.8. The van der Waals surface area contributed by atoms with E-state index in [1.165, 1.54) is 51.9 Å². The Balaban J connectivity index is 2.21. The molecule has 1 saturated heterocycles. The molecule has 3 heteroatoms. The SMILES string of the molecule is CC(CCN)CCCN1CCCN(C)CC1C. The Labute approximate surface area is 107 Å². The van der Waals surface area contributed by atoms with Crippen LogP contribution >= 0.6 is 0 Å². The van der Waals surface area contributed by atoms with Gasteiger partial charge in [0.15, 0.2) is 0 Å². The lowest BCUT2D eigenvalue weighted by Crippen LogP contribution is -2.38. The Morgan fingerprint density at radius 2 is 2.06 bits per heavy atom. The summed E-state index contributed by atoms with van der Waals surface area (Å²) in [7, 11) is 2.24. The fraction of sp³-hybridized carbons (Fsp3) is 1.00. The van der Waals surface area contributed by atoms with Gasteiger partial charge in [0.25, 0.3) is 0 Å². The Hall–Kier alpha value is -0.120. The third-order valence-corrected chi connectivity index (χ3v) is 3.99. The highest BCUT2D eigenvalue weighted by Gasteiger charge is 2.18. The maximum Gasteiger partial charge on any atom is 0.0194 e. The molecule has 0 spiro atoms. The highest BCUT2D eigenvalue weighted by atomic mass is 15.2. The van der Waals surface area contributed by atoms with E-state index in [-0.39, 0.29) is 0 Å². The van der Waals surface area contributed by atoms with E-state index in [1.807, 2.05) is 0 Å². The van der Waals surface area contributed by atoms with Crippen molar-refractivity contribution in [1.82, 2.24) is 9.80 Å². The third kappa shape index (κ3) is 5.84. The van der Waals surface area contributed by atoms with Crippen LogP contribution in [0.2, 0.25) is 0 Å². The minimum Gasteiger partial charge on any atom is -0.330 e. The monoisotopic (exact) mass is 241 g/mol. The molecule has 1 rings (SSSR count). The zero-order chi connectivity index (χ0) is 12.7. The molecule has 0 aromatic carbocycles. The zero-order valence-electron chi connectivity index (χ0n) is 12.0. The van der Waals surface area contributed by atoms with Gasteiger partial charge in [0, 0.05) is 12.6 Å². The molecule has 0 aromatic rings. The van der Waals surface area contributed by atoms with Crippen molar-refractivity contribution in [2.24, 2.45) is 11.7 Å². The van der Waals surface area contributed by atoms with E-state index >= 15 is 0 Å². The lowest BCUT2D eigenvalue weighted by atomic mass is 10.0. The molecule has 2 N–H and O–H groups in total. The van der Waals surface area contributed by atoms with Crippen LogP contribution in [0.1, 0.15) is 39.5 Å². The smallest absolute Gasteiger partial charge is 0.0194 e. The second-order valence-electron chi connectivity index (χ2n) is 5.83. The van der Waals surface area contributed by atoms with Crippen molar-refractivity contribution >= 4 is 0 Å². The molecule has 1 aliphatic rings. The Kier molecular flexibility index (Phi) is 7.09. The number of likely N-dealkylation sites (N-methyl/N-ethyl adjacent to an activating group) is 1. The zero-order valence-corrected chi connectivity index (χ0v) is 12.0. The molecular formula is C14H31N3. The first kappa shape index (κ1) is 14.9. The predicted octanol–water partition coefficient (Wildman–Crippen LogP) is 1.78.